The highest BCUT2D eigenvalue weighted by atomic mass is 16.2. The number of rotatable bonds is 4. The maximum atomic E-state index is 11.0. The van der Waals surface area contributed by atoms with Gasteiger partial charge in [-0.05, 0) is 32.4 Å². The second-order valence-corrected chi connectivity index (χ2v) is 4.01. The fourth-order valence-corrected chi connectivity index (χ4v) is 1.91. The number of likely N-dealkylation sites (tertiary alicyclic amines) is 1. The van der Waals surface area contributed by atoms with Crippen LogP contribution in [0.3, 0.4) is 0 Å². The second kappa shape index (κ2) is 5.29. The van der Waals surface area contributed by atoms with Crippen LogP contribution in [0.4, 0.5) is 0 Å². The van der Waals surface area contributed by atoms with Crippen molar-refractivity contribution in [3.63, 3.8) is 0 Å². The summed E-state index contributed by atoms with van der Waals surface area (Å²) in [4.78, 5) is 13.3. The fraction of sp³-hybridized carbons (Fsp3) is 0.889. The van der Waals surface area contributed by atoms with E-state index in [0.717, 1.165) is 26.1 Å². The molecule has 1 rings (SSSR count). The van der Waals surface area contributed by atoms with Gasteiger partial charge in [0.15, 0.2) is 0 Å². The molecule has 0 aromatic heterocycles. The zero-order chi connectivity index (χ0) is 10.6. The van der Waals surface area contributed by atoms with Gasteiger partial charge < -0.3 is 5.73 Å². The summed E-state index contributed by atoms with van der Waals surface area (Å²) in [7, 11) is 0. The molecule has 0 spiro atoms. The van der Waals surface area contributed by atoms with E-state index in [9.17, 15) is 4.79 Å². The lowest BCUT2D eigenvalue weighted by atomic mass is 10.1. The van der Waals surface area contributed by atoms with Crippen molar-refractivity contribution < 1.29 is 4.79 Å². The van der Waals surface area contributed by atoms with Crippen molar-refractivity contribution in [2.75, 3.05) is 19.6 Å². The highest BCUT2D eigenvalue weighted by Gasteiger charge is 2.25. The van der Waals surface area contributed by atoms with Gasteiger partial charge in [-0.1, -0.05) is 0 Å². The Morgan fingerprint density at radius 2 is 2.43 bits per heavy atom. The Labute approximate surface area is 84.8 Å². The minimum Gasteiger partial charge on any atom is -0.330 e. The summed E-state index contributed by atoms with van der Waals surface area (Å²) in [5, 5.41) is 0. The number of hydrogen-bond acceptors (Lipinski definition) is 4. The van der Waals surface area contributed by atoms with Gasteiger partial charge in [-0.3, -0.25) is 15.1 Å². The molecule has 5 N–H and O–H groups in total. The first-order valence-electron chi connectivity index (χ1n) is 5.11. The molecule has 1 amide bonds. The van der Waals surface area contributed by atoms with Gasteiger partial charge in [0.2, 0.25) is 5.91 Å². The molecule has 1 saturated heterocycles. The van der Waals surface area contributed by atoms with Crippen LogP contribution in [0.1, 0.15) is 19.8 Å². The zero-order valence-corrected chi connectivity index (χ0v) is 8.70. The summed E-state index contributed by atoms with van der Waals surface area (Å²) >= 11 is 0. The molecule has 1 fully saturated rings. The number of amides is 1. The van der Waals surface area contributed by atoms with Crippen LogP contribution in [0.5, 0.6) is 0 Å². The molecule has 1 aliphatic heterocycles. The maximum Gasteiger partial charge on any atom is 0.235 e. The van der Waals surface area contributed by atoms with E-state index in [1.54, 1.807) is 0 Å². The van der Waals surface area contributed by atoms with E-state index in [2.05, 4.69) is 10.3 Å². The first kappa shape index (κ1) is 11.4. The number of carbonyl (C=O) groups excluding carboxylic acids is 1. The normalized spacial score (nSPS) is 24.9. The minimum absolute atomic E-state index is 0.103. The summed E-state index contributed by atoms with van der Waals surface area (Å²) in [6.07, 6.45) is 1.61. The molecule has 5 nitrogen and oxygen atoms in total. The summed E-state index contributed by atoms with van der Waals surface area (Å²) in [5.74, 6) is 5.53. The van der Waals surface area contributed by atoms with Crippen molar-refractivity contribution >= 4 is 5.91 Å². The molecular weight excluding hydrogens is 180 g/mol. The first-order valence-corrected chi connectivity index (χ1v) is 5.11. The van der Waals surface area contributed by atoms with Crippen LogP contribution < -0.4 is 17.0 Å². The van der Waals surface area contributed by atoms with Crippen molar-refractivity contribution in [3.05, 3.63) is 0 Å². The van der Waals surface area contributed by atoms with Gasteiger partial charge in [0.25, 0.3) is 0 Å². The first-order chi connectivity index (χ1) is 6.67. The Bertz CT molecular complexity index is 197. The Morgan fingerprint density at radius 1 is 1.71 bits per heavy atom. The van der Waals surface area contributed by atoms with E-state index >= 15 is 0 Å². The number of hydrazine groups is 1. The molecular formula is C9H20N4O. The van der Waals surface area contributed by atoms with Crippen molar-refractivity contribution in [2.45, 2.75) is 25.8 Å². The highest BCUT2D eigenvalue weighted by molar-refractivity contribution is 5.75. The van der Waals surface area contributed by atoms with Gasteiger partial charge in [-0.2, -0.15) is 0 Å². The van der Waals surface area contributed by atoms with E-state index in [1.807, 2.05) is 6.92 Å². The van der Waals surface area contributed by atoms with E-state index in [1.165, 1.54) is 0 Å². The number of nitrogens with zero attached hydrogens (tertiary/aromatic N) is 1. The van der Waals surface area contributed by atoms with Gasteiger partial charge in [-0.25, -0.2) is 5.84 Å². The molecule has 0 aliphatic carbocycles. The molecule has 0 saturated carbocycles. The molecule has 2 unspecified atom stereocenters. The number of nitrogens with two attached hydrogens (primary N) is 2. The monoisotopic (exact) mass is 200 g/mol. The average molecular weight is 200 g/mol. The van der Waals surface area contributed by atoms with Crippen molar-refractivity contribution in [2.24, 2.45) is 17.5 Å². The largest absolute Gasteiger partial charge is 0.330 e. The Morgan fingerprint density at radius 3 is 2.93 bits per heavy atom. The van der Waals surface area contributed by atoms with Gasteiger partial charge in [0.05, 0.1) is 0 Å². The topological polar surface area (TPSA) is 84.4 Å². The second-order valence-electron chi connectivity index (χ2n) is 4.01. The zero-order valence-electron chi connectivity index (χ0n) is 8.70. The third-order valence-corrected chi connectivity index (χ3v) is 2.92. The van der Waals surface area contributed by atoms with E-state index < -0.39 is 0 Å². The van der Waals surface area contributed by atoms with Crippen LogP contribution in [-0.2, 0) is 4.79 Å². The van der Waals surface area contributed by atoms with Gasteiger partial charge >= 0.3 is 0 Å². The smallest absolute Gasteiger partial charge is 0.235 e. The summed E-state index contributed by atoms with van der Waals surface area (Å²) < 4.78 is 0. The molecule has 5 heteroatoms. The fourth-order valence-electron chi connectivity index (χ4n) is 1.91. The van der Waals surface area contributed by atoms with Crippen LogP contribution >= 0.6 is 0 Å². The van der Waals surface area contributed by atoms with Crippen molar-refractivity contribution in [1.82, 2.24) is 10.3 Å². The Kier molecular flexibility index (Phi) is 4.31. The highest BCUT2D eigenvalue weighted by Crippen LogP contribution is 2.18. The molecule has 0 bridgehead atoms. The average Bonchev–Trinajstić information content (AvgIpc) is 2.65. The number of nitrogens with one attached hydrogen (secondary N) is 1. The van der Waals surface area contributed by atoms with Gasteiger partial charge in [0.1, 0.15) is 0 Å². The Balaban J connectivity index is 2.31. The van der Waals surface area contributed by atoms with Gasteiger partial charge in [-0.15, -0.1) is 0 Å². The predicted octanol–water partition coefficient (Wildman–Crippen LogP) is -0.964. The van der Waals surface area contributed by atoms with E-state index in [0.29, 0.717) is 12.3 Å². The lowest BCUT2D eigenvalue weighted by molar-refractivity contribution is -0.122. The quantitative estimate of drug-likeness (QED) is 0.310. The molecule has 82 valence electrons. The maximum absolute atomic E-state index is 11.0. The lowest BCUT2D eigenvalue weighted by Crippen LogP contribution is -2.38. The van der Waals surface area contributed by atoms with Crippen LogP contribution in [0.25, 0.3) is 0 Å². The van der Waals surface area contributed by atoms with Crippen molar-refractivity contribution in [3.8, 4) is 0 Å². The molecule has 14 heavy (non-hydrogen) atoms. The molecule has 0 radical (unpaired) electrons. The lowest BCUT2D eigenvalue weighted by Gasteiger charge is -2.23. The van der Waals surface area contributed by atoms with Crippen LogP contribution in [-0.4, -0.2) is 36.5 Å². The number of carbonyl (C=O) groups is 1. The molecule has 1 aliphatic rings. The van der Waals surface area contributed by atoms with Gasteiger partial charge in [0, 0.05) is 19.0 Å². The van der Waals surface area contributed by atoms with E-state index in [4.69, 9.17) is 11.6 Å². The molecule has 0 aromatic carbocycles. The van der Waals surface area contributed by atoms with Crippen LogP contribution in [0.15, 0.2) is 0 Å². The Hall–Kier alpha value is -0.650. The molecule has 0 aromatic rings. The summed E-state index contributed by atoms with van der Waals surface area (Å²) in [6, 6.07) is 0.259. The third kappa shape index (κ3) is 2.94. The molecule has 1 heterocycles. The third-order valence-electron chi connectivity index (χ3n) is 2.92. The summed E-state index contributed by atoms with van der Waals surface area (Å²) in [5.41, 5.74) is 7.75. The minimum atomic E-state index is -0.103. The van der Waals surface area contributed by atoms with Crippen molar-refractivity contribution in [1.29, 1.82) is 0 Å². The molecule has 2 atom stereocenters. The van der Waals surface area contributed by atoms with E-state index in [-0.39, 0.29) is 11.9 Å². The summed E-state index contributed by atoms with van der Waals surface area (Å²) in [6.45, 7) is 4.84. The SMILES string of the molecule is CC(CC(=O)NN)N1CCC(CN)C1. The number of hydrogen-bond donors (Lipinski definition) is 3. The van der Waals surface area contributed by atoms with Crippen LogP contribution in [0.2, 0.25) is 0 Å². The van der Waals surface area contributed by atoms with Crippen LogP contribution in [0, 0.1) is 5.92 Å². The predicted molar refractivity (Wildman–Crippen MR) is 55.1 cm³/mol. The standard InChI is InChI=1S/C9H20N4O/c1-7(4-9(14)12-11)13-3-2-8(5-10)6-13/h7-8H,2-6,10-11H2,1H3,(H,12,14).